The maximum Gasteiger partial charge on any atom is 0.0492 e. The summed E-state index contributed by atoms with van der Waals surface area (Å²) in [5.41, 5.74) is 1.35. The minimum Gasteiger partial charge on any atom is -0.314 e. The summed E-state index contributed by atoms with van der Waals surface area (Å²) in [6.07, 6.45) is 6.91. The van der Waals surface area contributed by atoms with Crippen LogP contribution in [0.3, 0.4) is 0 Å². The molecule has 3 unspecified atom stereocenters. The molecular formula is C14H25N3. The fourth-order valence-corrected chi connectivity index (χ4v) is 2.66. The van der Waals surface area contributed by atoms with Crippen LogP contribution in [0.5, 0.6) is 0 Å². The SMILES string of the molecule is CCCNC(CCc1ccnn1C)C1CC1C. The van der Waals surface area contributed by atoms with Crippen LogP contribution < -0.4 is 5.32 Å². The van der Waals surface area contributed by atoms with Gasteiger partial charge in [-0.05, 0) is 50.1 Å². The maximum absolute atomic E-state index is 4.23. The first-order valence-electron chi connectivity index (χ1n) is 6.92. The van der Waals surface area contributed by atoms with Gasteiger partial charge in [-0.2, -0.15) is 5.10 Å². The van der Waals surface area contributed by atoms with Crippen molar-refractivity contribution in [3.05, 3.63) is 18.0 Å². The lowest BCUT2D eigenvalue weighted by Gasteiger charge is -2.18. The average molecular weight is 235 g/mol. The van der Waals surface area contributed by atoms with Crippen LogP contribution in [0.15, 0.2) is 12.3 Å². The number of aromatic nitrogens is 2. The third kappa shape index (κ3) is 3.32. The highest BCUT2D eigenvalue weighted by molar-refractivity contribution is 5.02. The molecule has 0 bridgehead atoms. The van der Waals surface area contributed by atoms with E-state index >= 15 is 0 Å². The van der Waals surface area contributed by atoms with Crippen LogP contribution in [0.2, 0.25) is 0 Å². The summed E-state index contributed by atoms with van der Waals surface area (Å²) in [5, 5.41) is 7.94. The second-order valence-electron chi connectivity index (χ2n) is 5.42. The molecule has 1 fully saturated rings. The number of rotatable bonds is 7. The van der Waals surface area contributed by atoms with E-state index in [1.165, 1.54) is 25.0 Å². The summed E-state index contributed by atoms with van der Waals surface area (Å²) in [7, 11) is 2.03. The van der Waals surface area contributed by atoms with Gasteiger partial charge in [-0.1, -0.05) is 13.8 Å². The van der Waals surface area contributed by atoms with Gasteiger partial charge < -0.3 is 5.32 Å². The minimum atomic E-state index is 0.708. The quantitative estimate of drug-likeness (QED) is 0.786. The first kappa shape index (κ1) is 12.6. The monoisotopic (exact) mass is 235 g/mol. The number of nitrogens with zero attached hydrogens (tertiary/aromatic N) is 2. The van der Waals surface area contributed by atoms with Gasteiger partial charge >= 0.3 is 0 Å². The van der Waals surface area contributed by atoms with Crippen molar-refractivity contribution in [3.63, 3.8) is 0 Å². The van der Waals surface area contributed by atoms with E-state index in [4.69, 9.17) is 0 Å². The van der Waals surface area contributed by atoms with E-state index in [2.05, 4.69) is 30.3 Å². The molecule has 1 N–H and O–H groups in total. The maximum atomic E-state index is 4.23. The molecule has 0 aromatic carbocycles. The van der Waals surface area contributed by atoms with E-state index in [0.717, 1.165) is 24.8 Å². The second-order valence-corrected chi connectivity index (χ2v) is 5.42. The Hall–Kier alpha value is -0.830. The summed E-state index contributed by atoms with van der Waals surface area (Å²) in [4.78, 5) is 0. The van der Waals surface area contributed by atoms with Crippen LogP contribution in [0.4, 0.5) is 0 Å². The van der Waals surface area contributed by atoms with Gasteiger partial charge in [-0.3, -0.25) is 4.68 Å². The molecular weight excluding hydrogens is 210 g/mol. The molecule has 0 aliphatic heterocycles. The first-order chi connectivity index (χ1) is 8.22. The third-order valence-corrected chi connectivity index (χ3v) is 3.98. The normalized spacial score (nSPS) is 24.9. The summed E-state index contributed by atoms with van der Waals surface area (Å²) >= 11 is 0. The van der Waals surface area contributed by atoms with Gasteiger partial charge in [0.05, 0.1) is 0 Å². The average Bonchev–Trinajstić information content (AvgIpc) is 2.89. The van der Waals surface area contributed by atoms with Crippen molar-refractivity contribution in [3.8, 4) is 0 Å². The lowest BCUT2D eigenvalue weighted by molar-refractivity contribution is 0.417. The third-order valence-electron chi connectivity index (χ3n) is 3.98. The fourth-order valence-electron chi connectivity index (χ4n) is 2.66. The number of hydrogen-bond donors (Lipinski definition) is 1. The molecule has 1 aromatic heterocycles. The molecule has 0 spiro atoms. The zero-order valence-corrected chi connectivity index (χ0v) is 11.3. The Morgan fingerprint density at radius 3 is 2.88 bits per heavy atom. The Morgan fingerprint density at radius 2 is 2.35 bits per heavy atom. The molecule has 1 aromatic rings. The highest BCUT2D eigenvalue weighted by Gasteiger charge is 2.38. The lowest BCUT2D eigenvalue weighted by Crippen LogP contribution is -2.33. The van der Waals surface area contributed by atoms with Crippen molar-refractivity contribution in [2.45, 2.75) is 45.6 Å². The zero-order valence-electron chi connectivity index (χ0n) is 11.3. The zero-order chi connectivity index (χ0) is 12.3. The van der Waals surface area contributed by atoms with Crippen molar-refractivity contribution < 1.29 is 0 Å². The molecule has 3 atom stereocenters. The molecule has 1 saturated carbocycles. The highest BCUT2D eigenvalue weighted by Crippen LogP contribution is 2.41. The Kier molecular flexibility index (Phi) is 4.21. The van der Waals surface area contributed by atoms with Crippen molar-refractivity contribution in [1.29, 1.82) is 0 Å². The van der Waals surface area contributed by atoms with Gasteiger partial charge in [0.1, 0.15) is 0 Å². The summed E-state index contributed by atoms with van der Waals surface area (Å²) in [6.45, 7) is 5.76. The lowest BCUT2D eigenvalue weighted by atomic mass is 10.0. The molecule has 0 radical (unpaired) electrons. The van der Waals surface area contributed by atoms with Crippen LogP contribution in [0.25, 0.3) is 0 Å². The van der Waals surface area contributed by atoms with Gasteiger partial charge in [-0.25, -0.2) is 0 Å². The molecule has 1 heterocycles. The van der Waals surface area contributed by atoms with Gasteiger partial charge in [-0.15, -0.1) is 0 Å². The standard InChI is InChI=1S/C14H25N3/c1-4-8-15-14(13-10-11(13)2)6-5-12-7-9-16-17(12)3/h7,9,11,13-15H,4-6,8,10H2,1-3H3. The number of hydrogen-bond acceptors (Lipinski definition) is 2. The largest absolute Gasteiger partial charge is 0.314 e. The van der Waals surface area contributed by atoms with E-state index in [9.17, 15) is 0 Å². The predicted molar refractivity (Wildman–Crippen MR) is 70.9 cm³/mol. The van der Waals surface area contributed by atoms with E-state index in [1.54, 1.807) is 0 Å². The van der Waals surface area contributed by atoms with Crippen LogP contribution in [0.1, 0.15) is 38.8 Å². The van der Waals surface area contributed by atoms with Crippen molar-refractivity contribution in [2.75, 3.05) is 6.54 Å². The smallest absolute Gasteiger partial charge is 0.0492 e. The van der Waals surface area contributed by atoms with Gasteiger partial charge in [0.15, 0.2) is 0 Å². The van der Waals surface area contributed by atoms with Crippen LogP contribution in [0, 0.1) is 11.8 Å². The summed E-state index contributed by atoms with van der Waals surface area (Å²) in [6, 6.07) is 2.84. The Balaban J connectivity index is 1.83. The minimum absolute atomic E-state index is 0.708. The van der Waals surface area contributed by atoms with Crippen LogP contribution in [-0.2, 0) is 13.5 Å². The molecule has 1 aliphatic carbocycles. The molecule has 0 amide bonds. The topological polar surface area (TPSA) is 29.9 Å². The van der Waals surface area contributed by atoms with Crippen LogP contribution >= 0.6 is 0 Å². The number of aryl methyl sites for hydroxylation is 2. The van der Waals surface area contributed by atoms with E-state index < -0.39 is 0 Å². The van der Waals surface area contributed by atoms with Gasteiger partial charge in [0.2, 0.25) is 0 Å². The van der Waals surface area contributed by atoms with Gasteiger partial charge in [0.25, 0.3) is 0 Å². The molecule has 96 valence electrons. The summed E-state index contributed by atoms with van der Waals surface area (Å²) < 4.78 is 1.99. The Morgan fingerprint density at radius 1 is 1.59 bits per heavy atom. The summed E-state index contributed by atoms with van der Waals surface area (Å²) in [5.74, 6) is 1.84. The Bertz CT molecular complexity index is 345. The molecule has 2 rings (SSSR count). The van der Waals surface area contributed by atoms with Crippen molar-refractivity contribution >= 4 is 0 Å². The predicted octanol–water partition coefficient (Wildman–Crippen LogP) is 2.38. The van der Waals surface area contributed by atoms with E-state index in [0.29, 0.717) is 6.04 Å². The number of nitrogens with one attached hydrogen (secondary N) is 1. The Labute approximate surface area is 105 Å². The molecule has 3 heteroatoms. The van der Waals surface area contributed by atoms with Gasteiger partial charge in [0, 0.05) is 25.0 Å². The molecule has 1 aliphatic rings. The molecule has 17 heavy (non-hydrogen) atoms. The van der Waals surface area contributed by atoms with Crippen molar-refractivity contribution in [1.82, 2.24) is 15.1 Å². The molecule has 3 nitrogen and oxygen atoms in total. The van der Waals surface area contributed by atoms with Crippen LogP contribution in [-0.4, -0.2) is 22.4 Å². The van der Waals surface area contributed by atoms with E-state index in [-0.39, 0.29) is 0 Å². The second kappa shape index (κ2) is 5.67. The molecule has 0 saturated heterocycles. The highest BCUT2D eigenvalue weighted by atomic mass is 15.2. The van der Waals surface area contributed by atoms with Crippen molar-refractivity contribution in [2.24, 2.45) is 18.9 Å². The van der Waals surface area contributed by atoms with E-state index in [1.807, 2.05) is 17.9 Å². The fraction of sp³-hybridized carbons (Fsp3) is 0.786. The first-order valence-corrected chi connectivity index (χ1v) is 6.92.